The van der Waals surface area contributed by atoms with Crippen molar-refractivity contribution in [3.05, 3.63) is 27.7 Å². The molecule has 1 aromatic rings. The molecule has 0 saturated heterocycles. The van der Waals surface area contributed by atoms with E-state index in [-0.39, 0.29) is 22.3 Å². The van der Waals surface area contributed by atoms with E-state index in [0.29, 0.717) is 6.04 Å². The van der Waals surface area contributed by atoms with Crippen molar-refractivity contribution in [2.75, 3.05) is 12.3 Å². The molecule has 0 aliphatic heterocycles. The third kappa shape index (κ3) is 3.45. The minimum Gasteiger partial charge on any atom is -0.397 e. The smallest absolute Gasteiger partial charge is 0.397 e. The van der Waals surface area contributed by atoms with Gasteiger partial charge in [-0.1, -0.05) is 6.42 Å². The van der Waals surface area contributed by atoms with Crippen molar-refractivity contribution in [3.8, 4) is 0 Å². The first kappa shape index (κ1) is 15.6. The van der Waals surface area contributed by atoms with Crippen molar-refractivity contribution in [1.82, 2.24) is 5.32 Å². The van der Waals surface area contributed by atoms with Gasteiger partial charge in [0.1, 0.15) is 0 Å². The number of nitrogen functional groups attached to an aromatic ring is 1. The minimum atomic E-state index is -4.54. The summed E-state index contributed by atoms with van der Waals surface area (Å²) >= 11 is 3.01. The van der Waals surface area contributed by atoms with Gasteiger partial charge in [-0.15, -0.1) is 0 Å². The Kier molecular flexibility index (Phi) is 4.61. The maximum atomic E-state index is 12.9. The van der Waals surface area contributed by atoms with E-state index in [4.69, 9.17) is 5.73 Å². The summed E-state index contributed by atoms with van der Waals surface area (Å²) in [5.74, 6) is 0. The van der Waals surface area contributed by atoms with Crippen molar-refractivity contribution in [2.45, 2.75) is 37.6 Å². The van der Waals surface area contributed by atoms with Crippen LogP contribution in [0.5, 0.6) is 0 Å². The van der Waals surface area contributed by atoms with Crippen LogP contribution in [0.25, 0.3) is 0 Å². The summed E-state index contributed by atoms with van der Waals surface area (Å²) in [6.07, 6.45) is -2.28. The highest BCUT2D eigenvalue weighted by molar-refractivity contribution is 9.10. The van der Waals surface area contributed by atoms with Crippen LogP contribution in [0.1, 0.15) is 36.5 Å². The molecule has 3 nitrogen and oxygen atoms in total. The lowest BCUT2D eigenvalue weighted by Gasteiger charge is -2.28. The second-order valence-electron chi connectivity index (χ2n) is 5.01. The van der Waals surface area contributed by atoms with Gasteiger partial charge in [0.05, 0.1) is 17.4 Å². The highest BCUT2D eigenvalue weighted by Gasteiger charge is 2.34. The van der Waals surface area contributed by atoms with E-state index in [0.717, 1.165) is 25.3 Å². The van der Waals surface area contributed by atoms with Crippen LogP contribution in [0.2, 0.25) is 0 Å². The molecular formula is C13H16BrF3N2O. The average Bonchev–Trinajstić information content (AvgIpc) is 2.28. The van der Waals surface area contributed by atoms with Crippen LogP contribution in [0, 0.1) is 0 Å². The molecule has 1 aliphatic rings. The monoisotopic (exact) mass is 352 g/mol. The number of alkyl halides is 3. The number of benzene rings is 1. The number of hydrogen-bond donors (Lipinski definition) is 3. The molecule has 1 unspecified atom stereocenters. The molecule has 7 heteroatoms. The van der Waals surface area contributed by atoms with Crippen molar-refractivity contribution in [1.29, 1.82) is 0 Å². The second-order valence-corrected chi connectivity index (χ2v) is 5.87. The zero-order chi connectivity index (χ0) is 14.9. The van der Waals surface area contributed by atoms with Gasteiger partial charge < -0.3 is 16.2 Å². The van der Waals surface area contributed by atoms with E-state index in [1.807, 2.05) is 0 Å². The van der Waals surface area contributed by atoms with E-state index in [1.54, 1.807) is 0 Å². The average molecular weight is 353 g/mol. The molecule has 1 atom stereocenters. The summed E-state index contributed by atoms with van der Waals surface area (Å²) in [6.45, 7) is 0.234. The first-order valence-electron chi connectivity index (χ1n) is 6.36. The molecule has 0 amide bonds. The lowest BCUT2D eigenvalue weighted by molar-refractivity contribution is -0.137. The Bertz CT molecular complexity index is 489. The summed E-state index contributed by atoms with van der Waals surface area (Å²) in [7, 11) is 0. The normalized spacial score (nSPS) is 17.9. The van der Waals surface area contributed by atoms with Crippen LogP contribution in [-0.4, -0.2) is 17.7 Å². The quantitative estimate of drug-likeness (QED) is 0.729. The fourth-order valence-electron chi connectivity index (χ4n) is 2.07. The summed E-state index contributed by atoms with van der Waals surface area (Å²) in [4.78, 5) is 0. The summed E-state index contributed by atoms with van der Waals surface area (Å²) < 4.78 is 38.7. The van der Waals surface area contributed by atoms with Crippen LogP contribution in [0.15, 0.2) is 16.6 Å². The molecule has 0 radical (unpaired) electrons. The molecule has 4 N–H and O–H groups in total. The number of aliphatic hydroxyl groups excluding tert-OH is 1. The number of anilines is 1. The molecule has 1 fully saturated rings. The second kappa shape index (κ2) is 5.91. The lowest BCUT2D eigenvalue weighted by Crippen LogP contribution is -2.37. The first-order valence-corrected chi connectivity index (χ1v) is 7.16. The van der Waals surface area contributed by atoms with Gasteiger partial charge in [0.15, 0.2) is 0 Å². The predicted molar refractivity (Wildman–Crippen MR) is 74.2 cm³/mol. The van der Waals surface area contributed by atoms with Crippen molar-refractivity contribution < 1.29 is 18.3 Å². The molecule has 112 valence electrons. The predicted octanol–water partition coefficient (Wildman–Crippen LogP) is 3.23. The van der Waals surface area contributed by atoms with Crippen LogP contribution < -0.4 is 11.1 Å². The first-order chi connectivity index (χ1) is 9.29. The number of hydrogen-bond acceptors (Lipinski definition) is 3. The third-order valence-electron chi connectivity index (χ3n) is 3.55. The van der Waals surface area contributed by atoms with Crippen LogP contribution >= 0.6 is 15.9 Å². The Hall–Kier alpha value is -0.790. The van der Waals surface area contributed by atoms with E-state index in [9.17, 15) is 18.3 Å². The minimum absolute atomic E-state index is 0.144. The van der Waals surface area contributed by atoms with Gasteiger partial charge in [-0.3, -0.25) is 0 Å². The zero-order valence-corrected chi connectivity index (χ0v) is 12.3. The lowest BCUT2D eigenvalue weighted by atomic mass is 9.93. The molecule has 2 rings (SSSR count). The molecule has 1 aromatic carbocycles. The maximum absolute atomic E-state index is 12.9. The van der Waals surface area contributed by atoms with Gasteiger partial charge in [-0.2, -0.15) is 13.2 Å². The Morgan fingerprint density at radius 3 is 2.55 bits per heavy atom. The Balaban J connectivity index is 2.16. The SMILES string of the molecule is Nc1c(Br)cc(C(O)CNC2CCC2)cc1C(F)(F)F. The number of nitrogens with two attached hydrogens (primary N) is 1. The zero-order valence-electron chi connectivity index (χ0n) is 10.7. The van der Waals surface area contributed by atoms with Gasteiger partial charge in [0, 0.05) is 17.1 Å². The molecule has 20 heavy (non-hydrogen) atoms. The van der Waals surface area contributed by atoms with Gasteiger partial charge in [-0.05, 0) is 46.5 Å². The largest absolute Gasteiger partial charge is 0.418 e. The van der Waals surface area contributed by atoms with Crippen LogP contribution in [0.3, 0.4) is 0 Å². The third-order valence-corrected chi connectivity index (χ3v) is 4.20. The highest BCUT2D eigenvalue weighted by atomic mass is 79.9. The fraction of sp³-hybridized carbons (Fsp3) is 0.538. The maximum Gasteiger partial charge on any atom is 0.418 e. The number of nitrogens with one attached hydrogen (secondary N) is 1. The van der Waals surface area contributed by atoms with Gasteiger partial charge in [0.2, 0.25) is 0 Å². The Morgan fingerprint density at radius 2 is 2.05 bits per heavy atom. The summed E-state index contributed by atoms with van der Waals surface area (Å²) in [5.41, 5.74) is 4.34. The standard InChI is InChI=1S/C13H16BrF3N2O/c14-10-5-7(4-9(12(10)18)13(15,16)17)11(20)6-19-8-2-1-3-8/h4-5,8,11,19-20H,1-3,6,18H2. The molecule has 1 saturated carbocycles. The summed E-state index contributed by atoms with van der Waals surface area (Å²) in [6, 6.07) is 2.70. The molecule has 0 bridgehead atoms. The Morgan fingerprint density at radius 1 is 1.40 bits per heavy atom. The van der Waals surface area contributed by atoms with E-state index in [1.165, 1.54) is 6.07 Å². The van der Waals surface area contributed by atoms with Crippen molar-refractivity contribution in [3.63, 3.8) is 0 Å². The summed E-state index contributed by atoms with van der Waals surface area (Å²) in [5, 5.41) is 13.1. The van der Waals surface area contributed by atoms with Crippen molar-refractivity contribution in [2.24, 2.45) is 0 Å². The molecule has 0 aromatic heterocycles. The van der Waals surface area contributed by atoms with E-state index < -0.39 is 17.8 Å². The molecule has 0 heterocycles. The van der Waals surface area contributed by atoms with Gasteiger partial charge in [0.25, 0.3) is 0 Å². The Labute approximate surface area is 123 Å². The number of rotatable bonds is 4. The van der Waals surface area contributed by atoms with E-state index >= 15 is 0 Å². The van der Waals surface area contributed by atoms with Crippen LogP contribution in [0.4, 0.5) is 18.9 Å². The van der Waals surface area contributed by atoms with Crippen molar-refractivity contribution >= 4 is 21.6 Å². The highest BCUT2D eigenvalue weighted by Crippen LogP contribution is 2.39. The number of halogens is 4. The van der Waals surface area contributed by atoms with E-state index in [2.05, 4.69) is 21.2 Å². The molecule has 0 spiro atoms. The topological polar surface area (TPSA) is 58.3 Å². The molecule has 1 aliphatic carbocycles. The van der Waals surface area contributed by atoms with Gasteiger partial charge in [-0.25, -0.2) is 0 Å². The molecular weight excluding hydrogens is 337 g/mol. The van der Waals surface area contributed by atoms with Gasteiger partial charge >= 0.3 is 6.18 Å². The van der Waals surface area contributed by atoms with Crippen LogP contribution in [-0.2, 0) is 6.18 Å². The fourth-order valence-corrected chi connectivity index (χ4v) is 2.55. The number of aliphatic hydroxyl groups is 1.